The number of likely N-dealkylation sites (N-methyl/N-ethyl adjacent to an activating group) is 1. The molecule has 1 saturated carbocycles. The van der Waals surface area contributed by atoms with Gasteiger partial charge in [-0.15, -0.1) is 0 Å². The number of alkyl halides is 1. The molecule has 0 spiro atoms. The number of halogens is 1. The molecule has 2 aromatic rings. The number of methoxy groups -OCH3 is 1. The molecule has 2 heterocycles. The summed E-state index contributed by atoms with van der Waals surface area (Å²) >= 11 is 0. The summed E-state index contributed by atoms with van der Waals surface area (Å²) in [5.41, 5.74) is 6.79. The van der Waals surface area contributed by atoms with Crippen molar-refractivity contribution in [2.75, 3.05) is 39.3 Å². The van der Waals surface area contributed by atoms with Gasteiger partial charge in [0.2, 0.25) is 5.91 Å². The van der Waals surface area contributed by atoms with Crippen LogP contribution in [0.25, 0.3) is 11.0 Å². The number of anilines is 1. The second-order valence-electron chi connectivity index (χ2n) is 12.3. The zero-order chi connectivity index (χ0) is 32.3. The zero-order valence-corrected chi connectivity index (χ0v) is 27.4. The van der Waals surface area contributed by atoms with Gasteiger partial charge >= 0.3 is 0 Å². The predicted molar refractivity (Wildman–Crippen MR) is 176 cm³/mol. The standard InChI is InChI=1S/C21H26N2O3.C9H18FNO.C5H12O/c1-23-10-9-18(14-5-3-2-4-6-14)20(23)21(25)22-16-7-8-19-15(11-16)12-17(13-24)26-19;1-2-8(7-12)4-3-5-9(11)6-10;1-3-4-5-6-2/h7-8,11-14,18,20H,2-6,9-10H2,1H3,(H,22,25);7-9H,2-6,11H2,1H3;3-5H2,1-2H3. The molecule has 44 heavy (non-hydrogen) atoms. The van der Waals surface area contributed by atoms with Crippen molar-refractivity contribution in [3.05, 3.63) is 30.0 Å². The summed E-state index contributed by atoms with van der Waals surface area (Å²) in [6.07, 6.45) is 14.9. The molecule has 248 valence electrons. The topological polar surface area (TPSA) is 115 Å². The number of nitrogens with one attached hydrogen (secondary N) is 1. The number of unbranched alkanes of at least 4 members (excludes halogenated alkanes) is 1. The molecule has 1 saturated heterocycles. The third kappa shape index (κ3) is 12.4. The highest BCUT2D eigenvalue weighted by atomic mass is 19.1. The molecule has 8 nitrogen and oxygen atoms in total. The molecule has 4 rings (SSSR count). The largest absolute Gasteiger partial charge is 0.453 e. The second-order valence-corrected chi connectivity index (χ2v) is 12.3. The van der Waals surface area contributed by atoms with Crippen molar-refractivity contribution in [1.29, 1.82) is 0 Å². The Morgan fingerprint density at radius 1 is 1.14 bits per heavy atom. The maximum atomic E-state index is 13.0. The summed E-state index contributed by atoms with van der Waals surface area (Å²) in [6.45, 7) is 5.57. The Morgan fingerprint density at radius 3 is 2.48 bits per heavy atom. The van der Waals surface area contributed by atoms with Gasteiger partial charge < -0.3 is 25.0 Å². The van der Waals surface area contributed by atoms with Crippen LogP contribution in [-0.2, 0) is 14.3 Å². The summed E-state index contributed by atoms with van der Waals surface area (Å²) < 4.78 is 22.1. The molecule has 1 aromatic heterocycles. The first-order valence-electron chi connectivity index (χ1n) is 16.6. The first kappa shape index (κ1) is 37.6. The van der Waals surface area contributed by atoms with E-state index in [2.05, 4.69) is 24.2 Å². The van der Waals surface area contributed by atoms with Gasteiger partial charge in [0, 0.05) is 36.8 Å². The number of hydrogen-bond donors (Lipinski definition) is 2. The van der Waals surface area contributed by atoms with Crippen LogP contribution >= 0.6 is 0 Å². The number of carbonyl (C=O) groups is 3. The number of carbonyl (C=O) groups excluding carboxylic acids is 3. The van der Waals surface area contributed by atoms with E-state index in [0.717, 1.165) is 56.2 Å². The van der Waals surface area contributed by atoms with E-state index in [4.69, 9.17) is 14.9 Å². The monoisotopic (exact) mass is 617 g/mol. The molecule has 4 atom stereocenters. The maximum absolute atomic E-state index is 13.0. The maximum Gasteiger partial charge on any atom is 0.242 e. The van der Waals surface area contributed by atoms with Gasteiger partial charge in [-0.3, -0.25) is 14.5 Å². The number of nitrogens with two attached hydrogens (primary N) is 1. The average Bonchev–Trinajstić information content (AvgIpc) is 3.65. The highest BCUT2D eigenvalue weighted by Crippen LogP contribution is 2.38. The summed E-state index contributed by atoms with van der Waals surface area (Å²) in [4.78, 5) is 36.5. The van der Waals surface area contributed by atoms with E-state index in [1.807, 2.05) is 19.1 Å². The minimum Gasteiger partial charge on any atom is -0.453 e. The number of rotatable bonds is 14. The SMILES string of the molecule is CCC(C=O)CCCC(N)CF.CCCCOC.CN1CCC(C2CCCCC2)C1C(=O)Nc1ccc2oc(C=O)cc2c1. The Hall–Kier alpha value is -2.62. The Bertz CT molecular complexity index is 1100. The fourth-order valence-corrected chi connectivity index (χ4v) is 6.22. The third-order valence-electron chi connectivity index (χ3n) is 8.91. The summed E-state index contributed by atoms with van der Waals surface area (Å²) in [7, 11) is 3.79. The number of hydrogen-bond acceptors (Lipinski definition) is 7. The van der Waals surface area contributed by atoms with E-state index >= 15 is 0 Å². The van der Waals surface area contributed by atoms with Crippen LogP contribution in [0.5, 0.6) is 0 Å². The number of nitrogens with zero attached hydrogens (tertiary/aromatic N) is 1. The molecule has 1 aliphatic heterocycles. The quantitative estimate of drug-likeness (QED) is 0.170. The van der Waals surface area contributed by atoms with E-state index in [1.54, 1.807) is 19.2 Å². The van der Waals surface area contributed by atoms with Crippen LogP contribution < -0.4 is 11.1 Å². The Kier molecular flexibility index (Phi) is 18.1. The normalized spacial score (nSPS) is 20.1. The lowest BCUT2D eigenvalue weighted by Gasteiger charge is -2.32. The van der Waals surface area contributed by atoms with Gasteiger partial charge in [0.1, 0.15) is 18.5 Å². The van der Waals surface area contributed by atoms with Crippen molar-refractivity contribution >= 4 is 35.1 Å². The van der Waals surface area contributed by atoms with Crippen LogP contribution in [0.1, 0.15) is 101 Å². The molecule has 0 bridgehead atoms. The highest BCUT2D eigenvalue weighted by Gasteiger charge is 2.41. The van der Waals surface area contributed by atoms with Crippen molar-refractivity contribution in [3.8, 4) is 0 Å². The second kappa shape index (κ2) is 21.2. The lowest BCUT2D eigenvalue weighted by molar-refractivity contribution is -0.121. The van der Waals surface area contributed by atoms with Crippen molar-refractivity contribution < 1.29 is 27.9 Å². The van der Waals surface area contributed by atoms with E-state index in [9.17, 15) is 18.8 Å². The number of likely N-dealkylation sites (tertiary alicyclic amines) is 1. The molecule has 1 aromatic carbocycles. The van der Waals surface area contributed by atoms with Crippen molar-refractivity contribution in [1.82, 2.24) is 4.90 Å². The van der Waals surface area contributed by atoms with Crippen LogP contribution in [0.4, 0.5) is 10.1 Å². The van der Waals surface area contributed by atoms with Crippen molar-refractivity contribution in [3.63, 3.8) is 0 Å². The van der Waals surface area contributed by atoms with Crippen molar-refractivity contribution in [2.45, 2.75) is 103 Å². The summed E-state index contributed by atoms with van der Waals surface area (Å²) in [5, 5.41) is 3.92. The first-order valence-corrected chi connectivity index (χ1v) is 16.6. The Morgan fingerprint density at radius 2 is 1.89 bits per heavy atom. The average molecular weight is 618 g/mol. The van der Waals surface area contributed by atoms with Gasteiger partial charge in [0.15, 0.2) is 12.0 Å². The van der Waals surface area contributed by atoms with Gasteiger partial charge in [0.25, 0.3) is 0 Å². The highest BCUT2D eigenvalue weighted by molar-refractivity contribution is 5.97. The van der Waals surface area contributed by atoms with E-state index in [0.29, 0.717) is 35.9 Å². The fraction of sp³-hybridized carbons (Fsp3) is 0.686. The number of aldehydes is 2. The van der Waals surface area contributed by atoms with Crippen LogP contribution in [0.3, 0.4) is 0 Å². The van der Waals surface area contributed by atoms with Gasteiger partial charge in [-0.25, -0.2) is 4.39 Å². The lowest BCUT2D eigenvalue weighted by Crippen LogP contribution is -2.43. The minimum absolute atomic E-state index is 0.0521. The van der Waals surface area contributed by atoms with Crippen LogP contribution in [-0.4, -0.2) is 69.4 Å². The fourth-order valence-electron chi connectivity index (χ4n) is 6.22. The van der Waals surface area contributed by atoms with Gasteiger partial charge in [0.05, 0.1) is 6.04 Å². The van der Waals surface area contributed by atoms with E-state index in [-0.39, 0.29) is 23.9 Å². The van der Waals surface area contributed by atoms with Gasteiger partial charge in [-0.1, -0.05) is 58.8 Å². The van der Waals surface area contributed by atoms with E-state index in [1.165, 1.54) is 44.9 Å². The van der Waals surface area contributed by atoms with Gasteiger partial charge in [-0.05, 0) is 81.8 Å². The molecular formula is C35H56FN3O5. The third-order valence-corrected chi connectivity index (χ3v) is 8.91. The predicted octanol–water partition coefficient (Wildman–Crippen LogP) is 7.20. The molecule has 2 fully saturated rings. The summed E-state index contributed by atoms with van der Waals surface area (Å²) in [5.74, 6) is 1.66. The lowest BCUT2D eigenvalue weighted by atomic mass is 9.76. The van der Waals surface area contributed by atoms with Crippen LogP contribution in [0.15, 0.2) is 28.7 Å². The number of amides is 1. The smallest absolute Gasteiger partial charge is 0.242 e. The Balaban J connectivity index is 0.000000313. The van der Waals surface area contributed by atoms with Gasteiger partial charge in [-0.2, -0.15) is 0 Å². The molecule has 0 radical (unpaired) electrons. The van der Waals surface area contributed by atoms with E-state index < -0.39 is 6.67 Å². The Labute approximate surface area is 263 Å². The first-order chi connectivity index (χ1) is 21.3. The zero-order valence-electron chi connectivity index (χ0n) is 27.4. The molecular weight excluding hydrogens is 561 g/mol. The number of benzene rings is 1. The molecule has 4 unspecified atom stereocenters. The summed E-state index contributed by atoms with van der Waals surface area (Å²) in [6, 6.07) is 6.81. The number of ether oxygens (including phenoxy) is 1. The van der Waals surface area contributed by atoms with Crippen LogP contribution in [0.2, 0.25) is 0 Å². The molecule has 2 aliphatic rings. The van der Waals surface area contributed by atoms with Crippen LogP contribution in [0, 0.1) is 17.8 Å². The molecule has 1 amide bonds. The molecule has 3 N–H and O–H groups in total. The molecule has 9 heteroatoms. The minimum atomic E-state index is -0.460. The number of fused-ring (bicyclic) bond motifs is 1. The number of furan rings is 1. The van der Waals surface area contributed by atoms with Crippen molar-refractivity contribution in [2.24, 2.45) is 23.5 Å². The molecule has 1 aliphatic carbocycles.